The number of thiazole rings is 1. The van der Waals surface area contributed by atoms with E-state index in [1.54, 1.807) is 28.2 Å². The molecular weight excluding hydrogens is 454 g/mol. The van der Waals surface area contributed by atoms with Crippen molar-refractivity contribution in [2.24, 2.45) is 0 Å². The number of carbonyl (C=O) groups is 1. The lowest BCUT2D eigenvalue weighted by molar-refractivity contribution is -0.131. The molecule has 3 heterocycles. The zero-order valence-corrected chi connectivity index (χ0v) is 19.9. The number of aromatic nitrogens is 3. The lowest BCUT2D eigenvalue weighted by Gasteiger charge is -2.21. The van der Waals surface area contributed by atoms with Crippen LogP contribution in [0.5, 0.6) is 0 Å². The van der Waals surface area contributed by atoms with E-state index in [1.807, 2.05) is 49.1 Å². The van der Waals surface area contributed by atoms with Gasteiger partial charge in [-0.25, -0.2) is 9.37 Å². The Morgan fingerprint density at radius 2 is 1.68 bits per heavy atom. The molecule has 8 heteroatoms. The molecule has 0 radical (unpaired) electrons. The van der Waals surface area contributed by atoms with Crippen molar-refractivity contribution < 1.29 is 13.9 Å². The van der Waals surface area contributed by atoms with Gasteiger partial charge >= 0.3 is 0 Å². The summed E-state index contributed by atoms with van der Waals surface area (Å²) in [5.41, 5.74) is 5.70. The van der Waals surface area contributed by atoms with E-state index in [0.29, 0.717) is 13.1 Å². The van der Waals surface area contributed by atoms with Crippen LogP contribution >= 0.6 is 11.3 Å². The predicted molar refractivity (Wildman–Crippen MR) is 131 cm³/mol. The number of fused-ring (bicyclic) bond motifs is 1. The molecule has 0 aliphatic carbocycles. The molecular formula is C26H26F2N4OS. The number of carbonyl (C=O) groups excluding carboxylic acids is 1. The van der Waals surface area contributed by atoms with E-state index in [2.05, 4.69) is 4.98 Å². The summed E-state index contributed by atoms with van der Waals surface area (Å²) < 4.78 is 15.3. The largest absolute Gasteiger partial charge is 0.340 e. The van der Waals surface area contributed by atoms with Crippen LogP contribution in [0, 0.1) is 19.7 Å². The zero-order valence-electron chi connectivity index (χ0n) is 19.1. The summed E-state index contributed by atoms with van der Waals surface area (Å²) in [5, 5.41) is 5.86. The second-order valence-corrected chi connectivity index (χ2v) is 9.72. The molecule has 0 saturated carbocycles. The smallest absolute Gasteiger partial charge is 0.244 e. The fourth-order valence-corrected chi connectivity index (χ4v) is 5.20. The molecule has 5 rings (SSSR count). The van der Waals surface area contributed by atoms with Crippen LogP contribution in [0.25, 0.3) is 22.5 Å². The van der Waals surface area contributed by atoms with Crippen LogP contribution < -0.4 is 0 Å². The van der Waals surface area contributed by atoms with Gasteiger partial charge < -0.3 is 4.90 Å². The van der Waals surface area contributed by atoms with Gasteiger partial charge in [-0.2, -0.15) is 5.10 Å². The van der Waals surface area contributed by atoms with E-state index in [4.69, 9.17) is 5.10 Å². The molecule has 0 spiro atoms. The summed E-state index contributed by atoms with van der Waals surface area (Å²) in [6.45, 7) is 5.56. The van der Waals surface area contributed by atoms with Gasteiger partial charge in [-0.05, 0) is 44.2 Å². The minimum atomic E-state index is -0.291. The van der Waals surface area contributed by atoms with E-state index in [-0.39, 0.29) is 23.0 Å². The van der Waals surface area contributed by atoms with Gasteiger partial charge in [0.25, 0.3) is 0 Å². The molecule has 1 amide bonds. The molecule has 2 aromatic heterocycles. The van der Waals surface area contributed by atoms with Crippen LogP contribution in [0.2, 0.25) is 0 Å². The van der Waals surface area contributed by atoms with Crippen molar-refractivity contribution >= 4 is 17.2 Å². The number of halogens is 2. The molecule has 1 aliphatic rings. The maximum Gasteiger partial charge on any atom is 0.244 e. The van der Waals surface area contributed by atoms with Gasteiger partial charge in [0.2, 0.25) is 5.91 Å². The van der Waals surface area contributed by atoms with Crippen molar-refractivity contribution in [3.05, 3.63) is 81.6 Å². The highest BCUT2D eigenvalue weighted by molar-refractivity contribution is 7.11. The SMILES string of the molecule is Cc1ccc(-c2cc(-c3ccc(F)cc3)n(CC(=O)N3CCc4nc(C)sc4CC3)n2)cc1.F. The van der Waals surface area contributed by atoms with Crippen LogP contribution in [0.4, 0.5) is 9.09 Å². The Labute approximate surface area is 201 Å². The van der Waals surface area contributed by atoms with Crippen molar-refractivity contribution in [2.45, 2.75) is 33.2 Å². The van der Waals surface area contributed by atoms with Crippen LogP contribution in [0.3, 0.4) is 0 Å². The third-order valence-electron chi connectivity index (χ3n) is 6.02. The van der Waals surface area contributed by atoms with Crippen molar-refractivity contribution in [3.8, 4) is 22.5 Å². The first-order valence-corrected chi connectivity index (χ1v) is 11.9. The highest BCUT2D eigenvalue weighted by Gasteiger charge is 2.23. The van der Waals surface area contributed by atoms with E-state index in [1.165, 1.54) is 22.6 Å². The molecule has 0 N–H and O–H groups in total. The Balaban J connectivity index is 0.00000274. The quantitative estimate of drug-likeness (QED) is 0.403. The third kappa shape index (κ3) is 4.92. The van der Waals surface area contributed by atoms with Gasteiger partial charge in [0.15, 0.2) is 0 Å². The van der Waals surface area contributed by atoms with Crippen LogP contribution in [0.1, 0.15) is 21.1 Å². The number of rotatable bonds is 4. The van der Waals surface area contributed by atoms with Crippen LogP contribution in [0.15, 0.2) is 54.6 Å². The molecule has 176 valence electrons. The Morgan fingerprint density at radius 3 is 2.41 bits per heavy atom. The molecule has 0 atom stereocenters. The molecule has 0 bridgehead atoms. The molecule has 0 saturated heterocycles. The minimum Gasteiger partial charge on any atom is -0.340 e. The van der Waals surface area contributed by atoms with Crippen molar-refractivity contribution in [2.75, 3.05) is 13.1 Å². The van der Waals surface area contributed by atoms with Crippen LogP contribution in [-0.2, 0) is 24.2 Å². The van der Waals surface area contributed by atoms with E-state index >= 15 is 0 Å². The van der Waals surface area contributed by atoms with E-state index in [9.17, 15) is 9.18 Å². The summed E-state index contributed by atoms with van der Waals surface area (Å²) in [6, 6.07) is 16.4. The molecule has 4 aromatic rings. The topological polar surface area (TPSA) is 51.0 Å². The lowest BCUT2D eigenvalue weighted by Crippen LogP contribution is -2.36. The van der Waals surface area contributed by atoms with Crippen molar-refractivity contribution in [1.29, 1.82) is 0 Å². The molecule has 34 heavy (non-hydrogen) atoms. The van der Waals surface area contributed by atoms with E-state index in [0.717, 1.165) is 46.1 Å². The second-order valence-electron chi connectivity index (χ2n) is 8.43. The highest BCUT2D eigenvalue weighted by atomic mass is 32.1. The number of hydrogen-bond donors (Lipinski definition) is 0. The first-order valence-electron chi connectivity index (χ1n) is 11.1. The zero-order chi connectivity index (χ0) is 22.9. The lowest BCUT2D eigenvalue weighted by atomic mass is 10.1. The monoisotopic (exact) mass is 480 g/mol. The van der Waals surface area contributed by atoms with Gasteiger partial charge in [0.1, 0.15) is 12.4 Å². The molecule has 5 nitrogen and oxygen atoms in total. The number of benzene rings is 2. The third-order valence-corrected chi connectivity index (χ3v) is 7.09. The Hall–Kier alpha value is -3.39. The summed E-state index contributed by atoms with van der Waals surface area (Å²) in [4.78, 5) is 21.1. The minimum absolute atomic E-state index is 0. The molecule has 0 unspecified atom stereocenters. The van der Waals surface area contributed by atoms with Gasteiger partial charge in [0, 0.05) is 41.9 Å². The Morgan fingerprint density at radius 1 is 1.00 bits per heavy atom. The Bertz CT molecular complexity index is 1270. The number of nitrogens with zero attached hydrogens (tertiary/aromatic N) is 4. The van der Waals surface area contributed by atoms with E-state index < -0.39 is 0 Å². The first kappa shape index (κ1) is 23.8. The maximum atomic E-state index is 13.5. The fraction of sp³-hybridized carbons (Fsp3) is 0.269. The average Bonchev–Trinajstić information content (AvgIpc) is 3.32. The van der Waals surface area contributed by atoms with Crippen molar-refractivity contribution in [3.63, 3.8) is 0 Å². The predicted octanol–water partition coefficient (Wildman–Crippen LogP) is 5.21. The fourth-order valence-electron chi connectivity index (χ4n) is 4.23. The van der Waals surface area contributed by atoms with Crippen LogP contribution in [-0.4, -0.2) is 38.7 Å². The standard InChI is InChI=1S/C26H25FN4OS.FH/c1-17-3-5-19(6-4-17)23-15-24(20-7-9-21(27)10-8-20)31(29-23)16-26(32)30-13-11-22-25(12-14-30)33-18(2)28-22;/h3-10,15H,11-14,16H2,1-2H3;1H. The molecule has 0 fully saturated rings. The first-order chi connectivity index (χ1) is 16.0. The second kappa shape index (κ2) is 9.85. The van der Waals surface area contributed by atoms with Gasteiger partial charge in [-0.1, -0.05) is 29.8 Å². The van der Waals surface area contributed by atoms with Crippen molar-refractivity contribution in [1.82, 2.24) is 19.7 Å². The average molecular weight is 481 g/mol. The summed E-state index contributed by atoms with van der Waals surface area (Å²) in [6.07, 6.45) is 1.62. The molecule has 1 aliphatic heterocycles. The van der Waals surface area contributed by atoms with Gasteiger partial charge in [0.05, 0.1) is 22.1 Å². The number of hydrogen-bond acceptors (Lipinski definition) is 4. The molecule has 2 aromatic carbocycles. The normalized spacial score (nSPS) is 13.2. The van der Waals surface area contributed by atoms with Gasteiger partial charge in [-0.15, -0.1) is 11.3 Å². The van der Waals surface area contributed by atoms with Gasteiger partial charge in [-0.3, -0.25) is 14.2 Å². The number of aryl methyl sites for hydroxylation is 2. The highest BCUT2D eigenvalue weighted by Crippen LogP contribution is 2.27. The maximum absolute atomic E-state index is 13.5. The summed E-state index contributed by atoms with van der Waals surface area (Å²) >= 11 is 1.73. The number of amides is 1. The summed E-state index contributed by atoms with van der Waals surface area (Å²) in [7, 11) is 0. The summed E-state index contributed by atoms with van der Waals surface area (Å²) in [5.74, 6) is -0.260. The Kier molecular flexibility index (Phi) is 6.88.